The third kappa shape index (κ3) is 4.92. The zero-order valence-electron chi connectivity index (χ0n) is 29.0. The fourth-order valence-electron chi connectivity index (χ4n) is 9.52. The third-order valence-corrected chi connectivity index (χ3v) is 15.4. The monoisotopic (exact) mass is 639 g/mol. The average molecular weight is 640 g/mol. The van der Waals surface area contributed by atoms with E-state index in [0.29, 0.717) is 0 Å². The van der Waals surface area contributed by atoms with Crippen molar-refractivity contribution in [2.75, 3.05) is 17.3 Å². The zero-order valence-corrected chi connectivity index (χ0v) is 31.5. The first-order valence-electron chi connectivity index (χ1n) is 15.8. The Kier molecular flexibility index (Phi) is 8.91. The van der Waals surface area contributed by atoms with Gasteiger partial charge in [-0.3, -0.25) is 0 Å². The van der Waals surface area contributed by atoms with Crippen molar-refractivity contribution in [1.29, 1.82) is 0 Å². The Bertz CT molecular complexity index is 981. The highest BCUT2D eigenvalue weighted by Gasteiger charge is 2.67. The Morgan fingerprint density at radius 3 is 0.738 bits per heavy atom. The van der Waals surface area contributed by atoms with E-state index in [1.807, 2.05) is 0 Å². The first-order valence-corrected chi connectivity index (χ1v) is 18.7. The van der Waals surface area contributed by atoms with Crippen LogP contribution in [0, 0.1) is 16.2 Å². The second-order valence-electron chi connectivity index (χ2n) is 15.7. The Balaban J connectivity index is 1.63. The van der Waals surface area contributed by atoms with Crippen molar-refractivity contribution in [1.82, 2.24) is 15.0 Å². The zero-order chi connectivity index (χ0) is 31.8. The van der Waals surface area contributed by atoms with Crippen molar-refractivity contribution in [3.05, 3.63) is 0 Å². The lowest BCUT2D eigenvalue weighted by molar-refractivity contribution is -0.345. The number of thioether (sulfide) groups is 3. The minimum Gasteiger partial charge on any atom is -0.368 e. The van der Waals surface area contributed by atoms with Gasteiger partial charge in [0.25, 0.3) is 0 Å². The molecule has 4 heterocycles. The molecular weight excluding hydrogens is 583 g/mol. The van der Waals surface area contributed by atoms with Gasteiger partial charge in [-0.1, -0.05) is 56.1 Å². The molecule has 0 bridgehead atoms. The normalized spacial score (nSPS) is 27.8. The molecule has 9 heteroatoms. The van der Waals surface area contributed by atoms with Gasteiger partial charge in [-0.05, 0) is 102 Å². The lowest BCUT2D eigenvalue weighted by Gasteiger charge is -2.67. The van der Waals surface area contributed by atoms with E-state index in [9.17, 15) is 0 Å². The highest BCUT2D eigenvalue weighted by molar-refractivity contribution is 8.00. The lowest BCUT2D eigenvalue weighted by Crippen LogP contribution is -2.72. The summed E-state index contributed by atoms with van der Waals surface area (Å²) in [5, 5.41) is 2.43. The summed E-state index contributed by atoms with van der Waals surface area (Å²) in [5.74, 6) is 2.71. The Labute approximate surface area is 269 Å². The van der Waals surface area contributed by atoms with E-state index in [1.54, 1.807) is 35.3 Å². The quantitative estimate of drug-likeness (QED) is 0.208. The van der Waals surface area contributed by atoms with E-state index in [1.165, 1.54) is 0 Å². The Hall–Kier alpha value is -0.0600. The van der Waals surface area contributed by atoms with E-state index in [0.717, 1.165) is 52.0 Å². The van der Waals surface area contributed by atoms with Gasteiger partial charge in [-0.15, -0.1) is 0 Å². The molecule has 0 unspecified atom stereocenters. The summed E-state index contributed by atoms with van der Waals surface area (Å²) in [6.45, 7) is 33.5. The highest BCUT2D eigenvalue weighted by Crippen LogP contribution is 2.63. The standard InChI is InChI=1S/C33H57N3O3S3/c1-16-31(25(4,5)37-26(31,6)7)19-40-22-34-23(41-20-32(17-2)27(8,9)38-28(32,10)11)36-24(35-22)42-21-33(18-3)29(12,13)39-30(33,14)15/h16-21H2,1-15H3. The van der Waals surface area contributed by atoms with Crippen molar-refractivity contribution in [2.24, 2.45) is 16.2 Å². The summed E-state index contributed by atoms with van der Waals surface area (Å²) in [7, 11) is 0. The molecule has 0 saturated carbocycles. The van der Waals surface area contributed by atoms with Crippen LogP contribution in [0.1, 0.15) is 123 Å². The first-order chi connectivity index (χ1) is 19.0. The molecule has 0 N–H and O–H groups in total. The van der Waals surface area contributed by atoms with Crippen LogP contribution in [-0.4, -0.2) is 65.8 Å². The molecule has 3 fully saturated rings. The van der Waals surface area contributed by atoms with Crippen molar-refractivity contribution in [3.8, 4) is 0 Å². The molecule has 1 aromatic rings. The molecule has 42 heavy (non-hydrogen) atoms. The van der Waals surface area contributed by atoms with E-state index < -0.39 is 0 Å². The van der Waals surface area contributed by atoms with Crippen molar-refractivity contribution >= 4 is 35.3 Å². The molecule has 0 aliphatic carbocycles. The van der Waals surface area contributed by atoms with Crippen LogP contribution in [0.15, 0.2) is 15.5 Å². The van der Waals surface area contributed by atoms with Crippen molar-refractivity contribution in [3.63, 3.8) is 0 Å². The fraction of sp³-hybridized carbons (Fsp3) is 0.909. The number of nitrogens with zero attached hydrogens (tertiary/aromatic N) is 3. The number of rotatable bonds is 12. The molecule has 6 nitrogen and oxygen atoms in total. The summed E-state index contributed by atoms with van der Waals surface area (Å²) in [5.41, 5.74) is -1.04. The van der Waals surface area contributed by atoms with Gasteiger partial charge in [-0.25, -0.2) is 0 Å². The summed E-state index contributed by atoms with van der Waals surface area (Å²) in [6.07, 6.45) is 3.13. The van der Waals surface area contributed by atoms with Crippen LogP contribution in [0.2, 0.25) is 0 Å². The molecule has 0 spiro atoms. The van der Waals surface area contributed by atoms with E-state index >= 15 is 0 Å². The minimum absolute atomic E-state index is 0.0328. The molecule has 3 saturated heterocycles. The molecule has 240 valence electrons. The van der Waals surface area contributed by atoms with Gasteiger partial charge in [0, 0.05) is 33.5 Å². The smallest absolute Gasteiger partial charge is 0.192 e. The predicted molar refractivity (Wildman–Crippen MR) is 178 cm³/mol. The maximum Gasteiger partial charge on any atom is 0.192 e. The largest absolute Gasteiger partial charge is 0.368 e. The van der Waals surface area contributed by atoms with Crippen LogP contribution < -0.4 is 0 Å². The van der Waals surface area contributed by atoms with E-state index in [2.05, 4.69) is 104 Å². The number of aromatic nitrogens is 3. The summed E-state index contributed by atoms with van der Waals surface area (Å²) >= 11 is 5.28. The first kappa shape index (κ1) is 34.8. The number of hydrogen-bond donors (Lipinski definition) is 0. The molecule has 0 amide bonds. The summed E-state index contributed by atoms with van der Waals surface area (Å²) in [4.78, 5) is 15.2. The van der Waals surface area contributed by atoms with Crippen molar-refractivity contribution < 1.29 is 14.2 Å². The van der Waals surface area contributed by atoms with Crippen molar-refractivity contribution in [2.45, 2.75) is 172 Å². The number of ether oxygens (including phenoxy) is 3. The van der Waals surface area contributed by atoms with Gasteiger partial charge in [-0.2, -0.15) is 15.0 Å². The molecule has 0 aromatic carbocycles. The van der Waals surface area contributed by atoms with Crippen LogP contribution in [0.25, 0.3) is 0 Å². The molecule has 0 radical (unpaired) electrons. The maximum atomic E-state index is 6.35. The minimum atomic E-state index is -0.190. The van der Waals surface area contributed by atoms with E-state index in [-0.39, 0.29) is 49.9 Å². The number of hydrogen-bond acceptors (Lipinski definition) is 9. The van der Waals surface area contributed by atoms with Crippen LogP contribution in [0.5, 0.6) is 0 Å². The Morgan fingerprint density at radius 2 is 0.595 bits per heavy atom. The third-order valence-electron chi connectivity index (χ3n) is 12.2. The van der Waals surface area contributed by atoms with Crippen LogP contribution in [0.3, 0.4) is 0 Å². The Morgan fingerprint density at radius 1 is 0.405 bits per heavy atom. The van der Waals surface area contributed by atoms with Crippen LogP contribution >= 0.6 is 35.3 Å². The lowest BCUT2D eigenvalue weighted by atomic mass is 9.57. The second kappa shape index (κ2) is 10.8. The molecule has 4 rings (SSSR count). The van der Waals surface area contributed by atoms with Gasteiger partial charge in [0.2, 0.25) is 0 Å². The van der Waals surface area contributed by atoms with Gasteiger partial charge >= 0.3 is 0 Å². The van der Waals surface area contributed by atoms with Crippen LogP contribution in [-0.2, 0) is 14.2 Å². The van der Waals surface area contributed by atoms with Gasteiger partial charge in [0.1, 0.15) is 0 Å². The maximum absolute atomic E-state index is 6.35. The predicted octanol–water partition coefficient (Wildman–Crippen LogP) is 9.10. The van der Waals surface area contributed by atoms with E-state index in [4.69, 9.17) is 29.2 Å². The molecule has 3 aliphatic rings. The summed E-state index contributed by atoms with van der Waals surface area (Å²) < 4.78 is 19.1. The highest BCUT2D eigenvalue weighted by atomic mass is 32.2. The molecule has 3 aliphatic heterocycles. The fourth-order valence-corrected chi connectivity index (χ4v) is 14.4. The van der Waals surface area contributed by atoms with Crippen LogP contribution in [0.4, 0.5) is 0 Å². The average Bonchev–Trinajstić information content (AvgIpc) is 2.82. The SMILES string of the molecule is CCC1(CSc2nc(SCC3(CC)C(C)(C)OC3(C)C)nc(SCC3(CC)C(C)(C)OC3(C)C)n2)C(C)(C)OC1(C)C. The van der Waals surface area contributed by atoms with Gasteiger partial charge < -0.3 is 14.2 Å². The second-order valence-corrected chi connectivity index (χ2v) is 18.6. The van der Waals surface area contributed by atoms with Gasteiger partial charge in [0.05, 0.1) is 33.6 Å². The topological polar surface area (TPSA) is 66.4 Å². The summed E-state index contributed by atoms with van der Waals surface area (Å²) in [6, 6.07) is 0. The molecule has 0 atom stereocenters. The van der Waals surface area contributed by atoms with Gasteiger partial charge in [0.15, 0.2) is 15.5 Å². The molecular formula is C33H57N3O3S3. The molecule has 1 aromatic heterocycles.